The highest BCUT2D eigenvalue weighted by Gasteiger charge is 2.12. The molecule has 0 spiro atoms. The van der Waals surface area contributed by atoms with E-state index in [4.69, 9.17) is 0 Å². The Morgan fingerprint density at radius 3 is 2.95 bits per heavy atom. The Balaban J connectivity index is 1.99. The van der Waals surface area contributed by atoms with Crippen molar-refractivity contribution in [2.75, 3.05) is 6.26 Å². The fourth-order valence-electron chi connectivity index (χ4n) is 1.87. The molecule has 0 N–H and O–H groups in total. The minimum absolute atomic E-state index is 0.0878. The standard InChI is InChI=1S/C13H10FN3OS3/c1-19-12-16-15-11(21-12)6-17-10(7-20-13(17)18)8-3-2-4-9(14)5-8/h2-5,7H,6H2,1H3. The Labute approximate surface area is 132 Å². The summed E-state index contributed by atoms with van der Waals surface area (Å²) >= 11 is 4.08. The molecular formula is C13H10FN3OS3. The average molecular weight is 339 g/mol. The van der Waals surface area contributed by atoms with Crippen molar-refractivity contribution in [2.24, 2.45) is 0 Å². The van der Waals surface area contributed by atoms with E-state index < -0.39 is 0 Å². The van der Waals surface area contributed by atoms with Crippen molar-refractivity contribution in [2.45, 2.75) is 10.9 Å². The first-order valence-corrected chi connectivity index (χ1v) is 8.90. The highest BCUT2D eigenvalue weighted by Crippen LogP contribution is 2.24. The van der Waals surface area contributed by atoms with E-state index in [2.05, 4.69) is 10.2 Å². The van der Waals surface area contributed by atoms with E-state index >= 15 is 0 Å². The Hall–Kier alpha value is -1.51. The highest BCUT2D eigenvalue weighted by molar-refractivity contribution is 8.00. The number of halogens is 1. The van der Waals surface area contributed by atoms with Crippen molar-refractivity contribution >= 4 is 34.4 Å². The molecule has 0 bridgehead atoms. The van der Waals surface area contributed by atoms with Crippen LogP contribution in [0.4, 0.5) is 4.39 Å². The molecule has 4 nitrogen and oxygen atoms in total. The van der Waals surface area contributed by atoms with Crippen LogP contribution in [-0.4, -0.2) is 21.0 Å². The maximum atomic E-state index is 13.4. The summed E-state index contributed by atoms with van der Waals surface area (Å²) in [6.07, 6.45) is 1.93. The molecule has 2 heterocycles. The first-order chi connectivity index (χ1) is 10.2. The van der Waals surface area contributed by atoms with Crippen molar-refractivity contribution in [1.82, 2.24) is 14.8 Å². The summed E-state index contributed by atoms with van der Waals surface area (Å²) in [4.78, 5) is 11.9. The smallest absolute Gasteiger partial charge is 0.292 e. The molecule has 2 aromatic heterocycles. The monoisotopic (exact) mass is 339 g/mol. The molecular weight excluding hydrogens is 329 g/mol. The second-order valence-electron chi connectivity index (χ2n) is 4.15. The lowest BCUT2D eigenvalue weighted by atomic mass is 10.1. The zero-order valence-electron chi connectivity index (χ0n) is 10.9. The number of thioether (sulfide) groups is 1. The van der Waals surface area contributed by atoms with Gasteiger partial charge in [0.2, 0.25) is 0 Å². The molecule has 0 fully saturated rings. The van der Waals surface area contributed by atoms with E-state index in [1.807, 2.05) is 6.26 Å². The Morgan fingerprint density at radius 2 is 2.24 bits per heavy atom. The molecule has 0 aliphatic rings. The van der Waals surface area contributed by atoms with E-state index in [0.29, 0.717) is 17.8 Å². The van der Waals surface area contributed by atoms with Crippen molar-refractivity contribution in [3.63, 3.8) is 0 Å². The van der Waals surface area contributed by atoms with Gasteiger partial charge in [0.25, 0.3) is 0 Å². The maximum Gasteiger partial charge on any atom is 0.307 e. The summed E-state index contributed by atoms with van der Waals surface area (Å²) < 4.78 is 15.8. The van der Waals surface area contributed by atoms with Crippen LogP contribution >= 0.6 is 34.4 Å². The van der Waals surface area contributed by atoms with Crippen LogP contribution in [0.5, 0.6) is 0 Å². The first kappa shape index (κ1) is 14.4. The summed E-state index contributed by atoms with van der Waals surface area (Å²) in [6.45, 7) is 0.354. The highest BCUT2D eigenvalue weighted by atomic mass is 32.2. The molecule has 1 aromatic carbocycles. The number of benzene rings is 1. The predicted molar refractivity (Wildman–Crippen MR) is 84.8 cm³/mol. The van der Waals surface area contributed by atoms with E-state index in [1.54, 1.807) is 22.1 Å². The summed E-state index contributed by atoms with van der Waals surface area (Å²) in [6, 6.07) is 6.22. The Morgan fingerprint density at radius 1 is 1.38 bits per heavy atom. The lowest BCUT2D eigenvalue weighted by molar-refractivity contribution is 0.628. The van der Waals surface area contributed by atoms with Gasteiger partial charge in [0.05, 0.1) is 12.2 Å². The second-order valence-corrected chi connectivity index (χ2v) is 7.09. The van der Waals surface area contributed by atoms with E-state index in [0.717, 1.165) is 20.7 Å². The number of hydrogen-bond donors (Lipinski definition) is 0. The molecule has 0 aliphatic carbocycles. The normalized spacial score (nSPS) is 11.0. The SMILES string of the molecule is CSc1nnc(Cn2c(-c3cccc(F)c3)csc2=O)s1. The van der Waals surface area contributed by atoms with Crippen LogP contribution in [-0.2, 0) is 6.54 Å². The van der Waals surface area contributed by atoms with Gasteiger partial charge in [-0.3, -0.25) is 9.36 Å². The van der Waals surface area contributed by atoms with E-state index in [-0.39, 0.29) is 10.7 Å². The third kappa shape index (κ3) is 3.07. The van der Waals surface area contributed by atoms with Gasteiger partial charge in [-0.15, -0.1) is 10.2 Å². The first-order valence-electron chi connectivity index (χ1n) is 5.98. The zero-order chi connectivity index (χ0) is 14.8. The maximum absolute atomic E-state index is 13.4. The molecule has 0 atom stereocenters. The predicted octanol–water partition coefficient (Wildman–Crippen LogP) is 3.34. The zero-order valence-corrected chi connectivity index (χ0v) is 13.4. The van der Waals surface area contributed by atoms with E-state index in [1.165, 1.54) is 35.2 Å². The summed E-state index contributed by atoms with van der Waals surface area (Å²) in [5.74, 6) is -0.321. The molecule has 3 aromatic rings. The van der Waals surface area contributed by atoms with Crippen molar-refractivity contribution in [3.05, 3.63) is 50.1 Å². The third-order valence-corrected chi connectivity index (χ3v) is 5.47. The molecule has 3 rings (SSSR count). The van der Waals surface area contributed by atoms with Crippen LogP contribution in [0.25, 0.3) is 11.3 Å². The molecule has 0 aliphatic heterocycles. The molecule has 0 radical (unpaired) electrons. The van der Waals surface area contributed by atoms with Crippen molar-refractivity contribution in [3.8, 4) is 11.3 Å². The third-order valence-electron chi connectivity index (χ3n) is 2.82. The molecule has 108 valence electrons. The molecule has 21 heavy (non-hydrogen) atoms. The molecule has 8 heteroatoms. The van der Waals surface area contributed by atoms with E-state index in [9.17, 15) is 9.18 Å². The van der Waals surface area contributed by atoms with Crippen molar-refractivity contribution < 1.29 is 4.39 Å². The fourth-order valence-corrected chi connectivity index (χ4v) is 3.94. The number of hydrogen-bond acceptors (Lipinski definition) is 6. The lowest BCUT2D eigenvalue weighted by Gasteiger charge is -2.05. The largest absolute Gasteiger partial charge is 0.307 e. The van der Waals surface area contributed by atoms with Crippen molar-refractivity contribution in [1.29, 1.82) is 0 Å². The topological polar surface area (TPSA) is 47.8 Å². The molecule has 0 saturated carbocycles. The van der Waals surface area contributed by atoms with Crippen LogP contribution < -0.4 is 4.87 Å². The number of thiazole rings is 1. The van der Waals surface area contributed by atoms with Gasteiger partial charge in [-0.25, -0.2) is 4.39 Å². The van der Waals surface area contributed by atoms with Crippen LogP contribution in [0.2, 0.25) is 0 Å². The van der Waals surface area contributed by atoms with Gasteiger partial charge in [-0.2, -0.15) is 0 Å². The molecule has 0 unspecified atom stereocenters. The summed E-state index contributed by atoms with van der Waals surface area (Å²) in [5.41, 5.74) is 1.38. The Kier molecular flexibility index (Phi) is 4.18. The molecule has 0 amide bonds. The van der Waals surface area contributed by atoms with Gasteiger partial charge < -0.3 is 0 Å². The minimum atomic E-state index is -0.321. The minimum Gasteiger partial charge on any atom is -0.292 e. The quantitative estimate of drug-likeness (QED) is 0.684. The number of aromatic nitrogens is 3. The van der Waals surface area contributed by atoms with Crippen LogP contribution in [0.3, 0.4) is 0 Å². The van der Waals surface area contributed by atoms with Gasteiger partial charge in [-0.1, -0.05) is 46.6 Å². The van der Waals surface area contributed by atoms with Gasteiger partial charge in [0.15, 0.2) is 4.34 Å². The van der Waals surface area contributed by atoms with Crippen LogP contribution in [0, 0.1) is 5.82 Å². The number of nitrogens with zero attached hydrogens (tertiary/aromatic N) is 3. The van der Waals surface area contributed by atoms with Gasteiger partial charge in [-0.05, 0) is 18.4 Å². The van der Waals surface area contributed by atoms with Gasteiger partial charge in [0, 0.05) is 10.9 Å². The van der Waals surface area contributed by atoms with Crippen LogP contribution in [0.15, 0.2) is 38.8 Å². The average Bonchev–Trinajstić information content (AvgIpc) is 3.07. The summed E-state index contributed by atoms with van der Waals surface area (Å²) in [5, 5.41) is 10.6. The number of rotatable bonds is 4. The second kappa shape index (κ2) is 6.08. The van der Waals surface area contributed by atoms with Gasteiger partial charge >= 0.3 is 4.87 Å². The lowest BCUT2D eigenvalue weighted by Crippen LogP contribution is -2.15. The Bertz CT molecular complexity index is 824. The molecule has 0 saturated heterocycles. The van der Waals surface area contributed by atoms with Crippen LogP contribution in [0.1, 0.15) is 5.01 Å². The van der Waals surface area contributed by atoms with Gasteiger partial charge in [0.1, 0.15) is 10.8 Å². The summed E-state index contributed by atoms with van der Waals surface area (Å²) in [7, 11) is 0. The fraction of sp³-hybridized carbons (Fsp3) is 0.154.